The van der Waals surface area contributed by atoms with E-state index in [2.05, 4.69) is 49.4 Å². The van der Waals surface area contributed by atoms with Crippen molar-refractivity contribution in [2.24, 2.45) is 35.3 Å². The first-order chi connectivity index (χ1) is 51.5. The highest BCUT2D eigenvalue weighted by Crippen LogP contribution is 2.31. The Morgan fingerprint density at radius 1 is 0.639 bits per heavy atom. The third kappa shape index (κ3) is 31.9. The number of rotatable bonds is 48. The molecule has 4 rings (SSSR count). The van der Waals surface area contributed by atoms with Crippen LogP contribution in [0.3, 0.4) is 0 Å². The lowest BCUT2D eigenvalue weighted by atomic mass is 9.89. The van der Waals surface area contributed by atoms with E-state index in [1.165, 1.54) is 26.2 Å². The summed E-state index contributed by atoms with van der Waals surface area (Å²) in [6, 6.07) is 8.72. The molecule has 0 spiro atoms. The topological polar surface area (TPSA) is 385 Å². The number of anilines is 1. The zero-order chi connectivity index (χ0) is 79.8. The number of aliphatic hydroxyl groups is 1. The fourth-order valence-corrected chi connectivity index (χ4v) is 13.3. The van der Waals surface area contributed by atoms with Gasteiger partial charge in [0.25, 0.3) is 0 Å². The largest absolute Gasteiger partial charge is 0.446 e. The number of likely N-dealkylation sites (tertiary alicyclic amines) is 1. The molecule has 2 aromatic carbocycles. The molecule has 1 fully saturated rings. The summed E-state index contributed by atoms with van der Waals surface area (Å²) < 4.78 is 45.5. The molecule has 0 saturated carbocycles. The minimum atomic E-state index is -1.12. The van der Waals surface area contributed by atoms with Crippen LogP contribution in [0.5, 0.6) is 0 Å². The zero-order valence-corrected chi connectivity index (χ0v) is 66.3. The summed E-state index contributed by atoms with van der Waals surface area (Å²) in [5, 5.41) is 30.4. The molecule has 1 aliphatic carbocycles. The molecule has 30 nitrogen and oxygen atoms in total. The fraction of sp³-hybridized carbons (Fsp3) is 0.692. The van der Waals surface area contributed by atoms with Gasteiger partial charge in [-0.25, -0.2) is 14.4 Å². The monoisotopic (exact) mass is 1520 g/mol. The number of likely N-dealkylation sites (N-methyl/N-ethyl adjacent to an activating group) is 2. The maximum absolute atomic E-state index is 14.9. The van der Waals surface area contributed by atoms with Crippen LogP contribution >= 0.6 is 0 Å². The first kappa shape index (κ1) is 92.4. The van der Waals surface area contributed by atoms with Gasteiger partial charge in [0.15, 0.2) is 0 Å². The van der Waals surface area contributed by atoms with Crippen molar-refractivity contribution in [2.45, 2.75) is 220 Å². The van der Waals surface area contributed by atoms with Crippen LogP contribution in [0.1, 0.15) is 164 Å². The molecule has 2 aromatic rings. The lowest BCUT2D eigenvalue weighted by molar-refractivity contribution is -0.148. The number of urea groups is 1. The highest BCUT2D eigenvalue weighted by Gasteiger charge is 2.44. The molecule has 2 aliphatic rings. The van der Waals surface area contributed by atoms with E-state index in [0.29, 0.717) is 82.2 Å². The molecule has 13 atom stereocenters. The molecular weight excluding hydrogens is 1390 g/mol. The van der Waals surface area contributed by atoms with E-state index in [4.69, 9.17) is 43.6 Å². The van der Waals surface area contributed by atoms with Crippen molar-refractivity contribution in [1.82, 2.24) is 46.6 Å². The highest BCUT2D eigenvalue weighted by atomic mass is 16.6. The SMILES string of the molecule is CCC(C)C(C(CC(=O)N1CCCC1C(OC)C(C)C(=O)NC(C)C(O)c1ccccc1)OC)N(C)C(=O)C(NC(=O)[C@@H](C(C)C)N(C)C(=O)OCc1ccc(NC(=O)C(CCCNC(N)=O)NC(=O)C(NC(=O)CCOCCOCCOCCOCCNC(=O)OC2CC/C=C/CCC2)C(C)C)cc1)C(C)C. The second kappa shape index (κ2) is 49.9. The van der Waals surface area contributed by atoms with E-state index < -0.39 is 126 Å². The molecule has 10 N–H and O–H groups in total. The molecule has 11 amide bonds. The van der Waals surface area contributed by atoms with Gasteiger partial charge in [-0.1, -0.05) is 123 Å². The average molecular weight is 1520 g/mol. The number of ether oxygens (including phenoxy) is 8. The number of aliphatic hydroxyl groups excluding tert-OH is 1. The van der Waals surface area contributed by atoms with E-state index in [1.807, 2.05) is 32.0 Å². The standard InChI is InChI=1S/C78H127N11O19/c1-15-53(8)68(62(101-13)48-64(91)89-39-25-31-61(89)70(102-14)54(9)71(93)82-55(10)69(92)57-26-20-19-21-27-57)87(11)75(97)66(51(4)5)86-74(96)67(52(6)7)88(12)78(100)107-49-56-32-34-58(35-33-56)83-72(94)60(30-24-37-80-76(79)98)84-73(95)65(50(2)3)85-63(90)36-40-103-42-44-105-46-47-106-45-43-104-41-38-81-77(99)108-59-28-22-17-16-18-23-29-59/h16-17,19-21,26-27,32-35,50-55,59-62,65-70,92H,15,18,22-25,28-31,36-49H2,1-14H3,(H,81,99)(H,82,93)(H,83,94)(H,84,95)(H,85,90)(H,86,96)(H3,79,80,98)/b17-16+/t53?,54?,55?,59?,60?,61?,62?,65?,66?,67-,68?,69?,70?/m1/s1. The smallest absolute Gasteiger partial charge is 0.410 e. The number of nitrogens with one attached hydrogen (secondary N) is 7. The summed E-state index contributed by atoms with van der Waals surface area (Å²) >= 11 is 0. The first-order valence-corrected chi connectivity index (χ1v) is 38.3. The van der Waals surface area contributed by atoms with Crippen molar-refractivity contribution in [3.63, 3.8) is 0 Å². The van der Waals surface area contributed by atoms with Gasteiger partial charge in [0.2, 0.25) is 41.4 Å². The van der Waals surface area contributed by atoms with Crippen LogP contribution in [0.4, 0.5) is 20.1 Å². The van der Waals surface area contributed by atoms with Crippen LogP contribution in [0.25, 0.3) is 0 Å². The van der Waals surface area contributed by atoms with Crippen molar-refractivity contribution in [3.8, 4) is 0 Å². The summed E-state index contributed by atoms with van der Waals surface area (Å²) in [5.74, 6) is -5.36. The lowest BCUT2D eigenvalue weighted by Gasteiger charge is -2.41. The maximum Gasteiger partial charge on any atom is 0.410 e. The van der Waals surface area contributed by atoms with E-state index in [-0.39, 0.29) is 88.4 Å². The summed E-state index contributed by atoms with van der Waals surface area (Å²) in [4.78, 5) is 140. The normalized spacial score (nSPS) is 17.9. The number of carbonyl (C=O) groups is 10. The Kier molecular flexibility index (Phi) is 42.7. The summed E-state index contributed by atoms with van der Waals surface area (Å²) in [5.41, 5.74) is 6.80. The van der Waals surface area contributed by atoms with Crippen molar-refractivity contribution in [3.05, 3.63) is 77.9 Å². The van der Waals surface area contributed by atoms with E-state index in [9.17, 15) is 53.1 Å². The molecule has 608 valence electrons. The molecule has 1 aliphatic heterocycles. The Morgan fingerprint density at radius 2 is 1.27 bits per heavy atom. The number of alkyl carbamates (subject to hydrolysis) is 1. The van der Waals surface area contributed by atoms with Crippen LogP contribution in [-0.2, 0) is 78.1 Å². The van der Waals surface area contributed by atoms with Crippen LogP contribution < -0.4 is 43.0 Å². The molecule has 12 unspecified atom stereocenters. The van der Waals surface area contributed by atoms with Gasteiger partial charge in [-0.3, -0.25) is 38.5 Å². The Labute approximate surface area is 639 Å². The predicted molar refractivity (Wildman–Crippen MR) is 407 cm³/mol. The maximum atomic E-state index is 14.9. The van der Waals surface area contributed by atoms with Crippen LogP contribution in [0, 0.1) is 29.6 Å². The number of nitrogens with two attached hydrogens (primary N) is 1. The molecule has 0 aromatic heterocycles. The Balaban J connectivity index is 1.26. The number of benzene rings is 2. The van der Waals surface area contributed by atoms with Gasteiger partial charge in [0.05, 0.1) is 102 Å². The summed E-state index contributed by atoms with van der Waals surface area (Å²) in [6.07, 6.45) is 7.21. The number of carbonyl (C=O) groups excluding carboxylic acids is 10. The number of primary amides is 1. The van der Waals surface area contributed by atoms with Crippen molar-refractivity contribution in [2.75, 3.05) is 106 Å². The van der Waals surface area contributed by atoms with Crippen LogP contribution in [0.15, 0.2) is 66.7 Å². The first-order valence-electron chi connectivity index (χ1n) is 38.3. The van der Waals surface area contributed by atoms with E-state index in [0.717, 1.165) is 32.1 Å². The van der Waals surface area contributed by atoms with Gasteiger partial charge in [-0.15, -0.1) is 0 Å². The minimum Gasteiger partial charge on any atom is -0.446 e. The molecule has 108 heavy (non-hydrogen) atoms. The van der Waals surface area contributed by atoms with Crippen molar-refractivity contribution < 1.29 is 90.9 Å². The van der Waals surface area contributed by atoms with Crippen molar-refractivity contribution >= 4 is 65.3 Å². The molecule has 0 radical (unpaired) electrons. The van der Waals surface area contributed by atoms with Crippen LogP contribution in [0.2, 0.25) is 0 Å². The number of allylic oxidation sites excluding steroid dienone is 2. The number of methoxy groups -OCH3 is 2. The molecule has 1 saturated heterocycles. The summed E-state index contributed by atoms with van der Waals surface area (Å²) in [6.45, 7) is 20.9. The Hall–Kier alpha value is -8.00. The number of amides is 11. The zero-order valence-electron chi connectivity index (χ0n) is 66.3. The second-order valence-electron chi connectivity index (χ2n) is 28.9. The molecule has 30 heteroatoms. The van der Waals surface area contributed by atoms with Gasteiger partial charge in [-0.05, 0) is 112 Å². The molecule has 1 heterocycles. The second-order valence-corrected chi connectivity index (χ2v) is 28.9. The van der Waals surface area contributed by atoms with Gasteiger partial charge < -0.3 is 95.8 Å². The number of hydrogen-bond donors (Lipinski definition) is 9. The van der Waals surface area contributed by atoms with Crippen molar-refractivity contribution in [1.29, 1.82) is 0 Å². The van der Waals surface area contributed by atoms with E-state index >= 15 is 0 Å². The lowest BCUT2D eigenvalue weighted by Crippen LogP contribution is -2.60. The Bertz CT molecular complexity index is 3090. The van der Waals surface area contributed by atoms with Gasteiger partial charge in [-0.2, -0.15) is 0 Å². The molecule has 0 bridgehead atoms. The number of nitrogens with zero attached hydrogens (tertiary/aromatic N) is 3. The fourth-order valence-electron chi connectivity index (χ4n) is 13.3. The van der Waals surface area contributed by atoms with Crippen LogP contribution in [-0.4, -0.2) is 241 Å². The number of hydrogen-bond acceptors (Lipinski definition) is 19. The highest BCUT2D eigenvalue weighted by molar-refractivity contribution is 5.98. The third-order valence-electron chi connectivity index (χ3n) is 19.6. The third-order valence-corrected chi connectivity index (χ3v) is 19.6. The van der Waals surface area contributed by atoms with Gasteiger partial charge in [0, 0.05) is 60.1 Å². The van der Waals surface area contributed by atoms with Gasteiger partial charge in [0.1, 0.15) is 36.9 Å². The summed E-state index contributed by atoms with van der Waals surface area (Å²) in [7, 11) is 6.09. The minimum absolute atomic E-state index is 0.0538. The predicted octanol–water partition coefficient (Wildman–Crippen LogP) is 6.66. The Morgan fingerprint density at radius 3 is 1.87 bits per heavy atom. The van der Waals surface area contributed by atoms with E-state index in [1.54, 1.807) is 109 Å². The molecular formula is C78H127N11O19. The quantitative estimate of drug-likeness (QED) is 0.0247. The van der Waals surface area contributed by atoms with Gasteiger partial charge >= 0.3 is 18.2 Å². The average Bonchev–Trinajstić information content (AvgIpc) is 1.48.